The Labute approximate surface area is 106 Å². The Kier molecular flexibility index (Phi) is 4.76. The molecule has 1 aromatic heterocycles. The van der Waals surface area contributed by atoms with Crippen molar-refractivity contribution in [3.8, 4) is 5.75 Å². The molecule has 0 fully saturated rings. The highest BCUT2D eigenvalue weighted by molar-refractivity contribution is 5.67. The number of ether oxygens (including phenoxy) is 2. The van der Waals surface area contributed by atoms with Gasteiger partial charge in [0.05, 0.1) is 18.4 Å². The van der Waals surface area contributed by atoms with E-state index in [9.17, 15) is 4.79 Å². The highest BCUT2D eigenvalue weighted by Gasteiger charge is 2.15. The van der Waals surface area contributed by atoms with Crippen LogP contribution in [-0.2, 0) is 4.74 Å². The molecule has 0 saturated carbocycles. The van der Waals surface area contributed by atoms with Crippen LogP contribution in [0.1, 0.15) is 20.8 Å². The van der Waals surface area contributed by atoms with Gasteiger partial charge in [0, 0.05) is 12.3 Å². The Morgan fingerprint density at radius 1 is 1.50 bits per heavy atom. The van der Waals surface area contributed by atoms with Gasteiger partial charge in [-0.15, -0.1) is 0 Å². The van der Waals surface area contributed by atoms with Gasteiger partial charge in [-0.25, -0.2) is 4.79 Å². The molecule has 6 nitrogen and oxygen atoms in total. The molecule has 1 aromatic rings. The third-order valence-electron chi connectivity index (χ3n) is 1.84. The fourth-order valence-electron chi connectivity index (χ4n) is 1.15. The largest absolute Gasteiger partial charge is 0.489 e. The third-order valence-corrected chi connectivity index (χ3v) is 1.84. The molecule has 18 heavy (non-hydrogen) atoms. The molecule has 0 radical (unpaired) electrons. The van der Waals surface area contributed by atoms with E-state index in [4.69, 9.17) is 15.2 Å². The van der Waals surface area contributed by atoms with E-state index >= 15 is 0 Å². The summed E-state index contributed by atoms with van der Waals surface area (Å²) in [6.45, 7) is 6.08. The number of carbonyl (C=O) groups is 1. The average molecular weight is 253 g/mol. The third kappa shape index (κ3) is 5.38. The first-order valence-electron chi connectivity index (χ1n) is 5.67. The van der Waals surface area contributed by atoms with Gasteiger partial charge in [-0.3, -0.25) is 4.98 Å². The summed E-state index contributed by atoms with van der Waals surface area (Å²) in [5.41, 5.74) is 5.61. The van der Waals surface area contributed by atoms with Gasteiger partial charge in [-0.1, -0.05) is 0 Å². The van der Waals surface area contributed by atoms with Crippen LogP contribution in [0.25, 0.3) is 0 Å². The summed E-state index contributed by atoms with van der Waals surface area (Å²) in [5.74, 6) is 0.552. The van der Waals surface area contributed by atoms with Crippen LogP contribution >= 0.6 is 0 Å². The first-order valence-corrected chi connectivity index (χ1v) is 5.67. The predicted octanol–water partition coefficient (Wildman–Crippen LogP) is 1.57. The zero-order chi connectivity index (χ0) is 13.6. The quantitative estimate of drug-likeness (QED) is 0.795. The summed E-state index contributed by atoms with van der Waals surface area (Å²) in [6, 6.07) is 1.67. The summed E-state index contributed by atoms with van der Waals surface area (Å²) in [5, 5.41) is 2.59. The van der Waals surface area contributed by atoms with Crippen LogP contribution in [0, 0.1) is 0 Å². The van der Waals surface area contributed by atoms with Crippen LogP contribution in [0.4, 0.5) is 10.5 Å². The molecule has 0 atom stereocenters. The van der Waals surface area contributed by atoms with Crippen molar-refractivity contribution in [1.82, 2.24) is 10.3 Å². The number of nitrogens with one attached hydrogen (secondary N) is 1. The minimum absolute atomic E-state index is 0.313. The van der Waals surface area contributed by atoms with Crippen molar-refractivity contribution in [1.29, 1.82) is 0 Å². The Morgan fingerprint density at radius 3 is 2.83 bits per heavy atom. The monoisotopic (exact) mass is 253 g/mol. The standard InChI is InChI=1S/C12H19N3O3/c1-12(2,3)18-11(16)15-6-7-17-10-4-5-14-8-9(10)13/h4-5,8H,6-7,13H2,1-3H3,(H,15,16). The van der Waals surface area contributed by atoms with Gasteiger partial charge in [0.25, 0.3) is 0 Å². The Hall–Kier alpha value is -1.98. The number of hydrogen-bond donors (Lipinski definition) is 2. The van der Waals surface area contributed by atoms with E-state index in [0.717, 1.165) is 0 Å². The normalized spacial score (nSPS) is 10.8. The minimum atomic E-state index is -0.500. The maximum atomic E-state index is 11.3. The minimum Gasteiger partial charge on any atom is -0.489 e. The van der Waals surface area contributed by atoms with Crippen LogP contribution < -0.4 is 15.8 Å². The van der Waals surface area contributed by atoms with Crippen molar-refractivity contribution in [2.24, 2.45) is 0 Å². The first-order chi connectivity index (χ1) is 8.38. The summed E-state index contributed by atoms with van der Waals surface area (Å²) in [6.07, 6.45) is 2.64. The number of anilines is 1. The molecule has 0 aliphatic heterocycles. The maximum Gasteiger partial charge on any atom is 0.407 e. The van der Waals surface area contributed by atoms with Gasteiger partial charge in [0.2, 0.25) is 0 Å². The van der Waals surface area contributed by atoms with Gasteiger partial charge < -0.3 is 20.5 Å². The number of nitrogen functional groups attached to an aromatic ring is 1. The van der Waals surface area contributed by atoms with Crippen molar-refractivity contribution >= 4 is 11.8 Å². The van der Waals surface area contributed by atoms with Crippen molar-refractivity contribution in [2.75, 3.05) is 18.9 Å². The summed E-state index contributed by atoms with van der Waals surface area (Å²) in [7, 11) is 0. The molecule has 1 rings (SSSR count). The molecule has 1 heterocycles. The number of alkyl carbamates (subject to hydrolysis) is 1. The van der Waals surface area contributed by atoms with Crippen molar-refractivity contribution in [2.45, 2.75) is 26.4 Å². The maximum absolute atomic E-state index is 11.3. The molecular weight excluding hydrogens is 234 g/mol. The first kappa shape index (κ1) is 14.1. The Bertz CT molecular complexity index is 402. The van der Waals surface area contributed by atoms with Gasteiger partial charge in [0.15, 0.2) is 0 Å². The number of amides is 1. The zero-order valence-corrected chi connectivity index (χ0v) is 10.9. The van der Waals surface area contributed by atoms with Crippen LogP contribution in [0.2, 0.25) is 0 Å². The molecule has 6 heteroatoms. The number of pyridine rings is 1. The molecular formula is C12H19N3O3. The van der Waals surface area contributed by atoms with Crippen molar-refractivity contribution < 1.29 is 14.3 Å². The number of nitrogens with zero attached hydrogens (tertiary/aromatic N) is 1. The van der Waals surface area contributed by atoms with Gasteiger partial charge in [-0.05, 0) is 20.8 Å². The fourth-order valence-corrected chi connectivity index (χ4v) is 1.15. The SMILES string of the molecule is CC(C)(C)OC(=O)NCCOc1ccncc1N. The highest BCUT2D eigenvalue weighted by atomic mass is 16.6. The number of rotatable bonds is 4. The second-order valence-corrected chi connectivity index (χ2v) is 4.69. The van der Waals surface area contributed by atoms with Crippen LogP contribution in [0.3, 0.4) is 0 Å². The topological polar surface area (TPSA) is 86.5 Å². The molecule has 0 aromatic carbocycles. The summed E-state index contributed by atoms with van der Waals surface area (Å²) in [4.78, 5) is 15.2. The van der Waals surface area contributed by atoms with Gasteiger partial charge in [0.1, 0.15) is 18.0 Å². The lowest BCUT2D eigenvalue weighted by molar-refractivity contribution is 0.0520. The van der Waals surface area contributed by atoms with E-state index in [-0.39, 0.29) is 0 Å². The molecule has 1 amide bonds. The van der Waals surface area contributed by atoms with Crippen molar-refractivity contribution in [3.63, 3.8) is 0 Å². The van der Waals surface area contributed by atoms with E-state index < -0.39 is 11.7 Å². The predicted molar refractivity (Wildman–Crippen MR) is 68.4 cm³/mol. The molecule has 0 bridgehead atoms. The molecule has 0 aliphatic rings. The van der Waals surface area contributed by atoms with E-state index in [2.05, 4.69) is 10.3 Å². The number of hydrogen-bond acceptors (Lipinski definition) is 5. The molecule has 0 spiro atoms. The fraction of sp³-hybridized carbons (Fsp3) is 0.500. The zero-order valence-electron chi connectivity index (χ0n) is 10.9. The lowest BCUT2D eigenvalue weighted by Gasteiger charge is -2.19. The van der Waals surface area contributed by atoms with Crippen molar-refractivity contribution in [3.05, 3.63) is 18.5 Å². The van der Waals surface area contributed by atoms with E-state index in [1.165, 1.54) is 6.20 Å². The number of carbonyl (C=O) groups excluding carboxylic acids is 1. The second kappa shape index (κ2) is 6.09. The number of nitrogens with two attached hydrogens (primary N) is 1. The van der Waals surface area contributed by atoms with Crippen LogP contribution in [0.15, 0.2) is 18.5 Å². The summed E-state index contributed by atoms with van der Waals surface area (Å²) >= 11 is 0. The highest BCUT2D eigenvalue weighted by Crippen LogP contribution is 2.17. The lowest BCUT2D eigenvalue weighted by atomic mass is 10.2. The second-order valence-electron chi connectivity index (χ2n) is 4.69. The van der Waals surface area contributed by atoms with E-state index in [1.807, 2.05) is 0 Å². The summed E-state index contributed by atoms with van der Waals surface area (Å²) < 4.78 is 10.5. The van der Waals surface area contributed by atoms with E-state index in [1.54, 1.807) is 33.0 Å². The van der Waals surface area contributed by atoms with Gasteiger partial charge in [-0.2, -0.15) is 0 Å². The van der Waals surface area contributed by atoms with Gasteiger partial charge >= 0.3 is 6.09 Å². The number of aromatic nitrogens is 1. The van der Waals surface area contributed by atoms with Crippen LogP contribution in [-0.4, -0.2) is 29.8 Å². The van der Waals surface area contributed by atoms with E-state index in [0.29, 0.717) is 24.6 Å². The Morgan fingerprint density at radius 2 is 2.22 bits per heavy atom. The smallest absolute Gasteiger partial charge is 0.407 e. The molecule has 0 aliphatic carbocycles. The molecule has 3 N–H and O–H groups in total. The lowest BCUT2D eigenvalue weighted by Crippen LogP contribution is -2.34. The molecule has 0 unspecified atom stereocenters. The van der Waals surface area contributed by atoms with Crippen LogP contribution in [0.5, 0.6) is 5.75 Å². The average Bonchev–Trinajstić information content (AvgIpc) is 2.24. The molecule has 0 saturated heterocycles. The molecule has 100 valence electrons. The Balaban J connectivity index is 2.23.